The van der Waals surface area contributed by atoms with Crippen LogP contribution >= 0.6 is 0 Å². The monoisotopic (exact) mass is 294 g/mol. The van der Waals surface area contributed by atoms with Crippen LogP contribution in [0.15, 0.2) is 24.3 Å². The van der Waals surface area contributed by atoms with E-state index in [9.17, 15) is 0 Å². The fourth-order valence-corrected chi connectivity index (χ4v) is 3.78. The van der Waals surface area contributed by atoms with Gasteiger partial charge in [0.05, 0.1) is 0 Å². The van der Waals surface area contributed by atoms with Crippen LogP contribution in [0.3, 0.4) is 0 Å². The van der Waals surface area contributed by atoms with Crippen LogP contribution in [0.25, 0.3) is 0 Å². The Labute approximate surface area is 136 Å². The molecular weight excluding hydrogens is 264 g/mol. The molecule has 2 aromatic rings. The zero-order chi connectivity index (χ0) is 16.4. The molecule has 1 unspecified atom stereocenters. The minimum atomic E-state index is 0.560. The third-order valence-electron chi connectivity index (χ3n) is 5.32. The van der Waals surface area contributed by atoms with Crippen molar-refractivity contribution in [3.63, 3.8) is 0 Å². The standard InChI is InChI=1S/C22H30/c1-8-20-11-9-10-14(2)21(20)13-17(5)22-18(6)15(3)12-16(4)19(22)7/h9-12,17H,8,13H2,1-7H3. The SMILES string of the molecule is CCc1cccc(C)c1CC(C)c1c(C)c(C)cc(C)c1C. The Morgan fingerprint density at radius 3 is 2.00 bits per heavy atom. The predicted molar refractivity (Wildman–Crippen MR) is 98.1 cm³/mol. The van der Waals surface area contributed by atoms with E-state index in [2.05, 4.69) is 72.7 Å². The van der Waals surface area contributed by atoms with Gasteiger partial charge in [-0.1, -0.05) is 38.1 Å². The summed E-state index contributed by atoms with van der Waals surface area (Å²) in [4.78, 5) is 0. The Kier molecular flexibility index (Phi) is 5.11. The molecular formula is C22H30. The fourth-order valence-electron chi connectivity index (χ4n) is 3.78. The molecule has 0 bridgehead atoms. The largest absolute Gasteiger partial charge is 0.0617 e. The second-order valence-corrected chi connectivity index (χ2v) is 6.85. The van der Waals surface area contributed by atoms with Crippen molar-refractivity contribution < 1.29 is 0 Å². The molecule has 0 aromatic heterocycles. The van der Waals surface area contributed by atoms with E-state index in [1.165, 1.54) is 33.4 Å². The summed E-state index contributed by atoms with van der Waals surface area (Å²) in [7, 11) is 0. The fraction of sp³-hybridized carbons (Fsp3) is 0.455. The van der Waals surface area contributed by atoms with E-state index >= 15 is 0 Å². The molecule has 0 aliphatic carbocycles. The average molecular weight is 294 g/mol. The topological polar surface area (TPSA) is 0 Å². The first-order valence-corrected chi connectivity index (χ1v) is 8.51. The summed E-state index contributed by atoms with van der Waals surface area (Å²) in [5.41, 5.74) is 11.8. The van der Waals surface area contributed by atoms with Gasteiger partial charge in [0.1, 0.15) is 0 Å². The first kappa shape index (κ1) is 16.8. The van der Waals surface area contributed by atoms with Gasteiger partial charge >= 0.3 is 0 Å². The zero-order valence-electron chi connectivity index (χ0n) is 15.3. The van der Waals surface area contributed by atoms with Gasteiger partial charge in [-0.15, -0.1) is 0 Å². The summed E-state index contributed by atoms with van der Waals surface area (Å²) in [5.74, 6) is 0.560. The first-order valence-electron chi connectivity index (χ1n) is 8.51. The number of hydrogen-bond donors (Lipinski definition) is 0. The van der Waals surface area contributed by atoms with Crippen LogP contribution in [0.5, 0.6) is 0 Å². The molecule has 0 spiro atoms. The Hall–Kier alpha value is -1.56. The Balaban J connectivity index is 2.45. The predicted octanol–water partition coefficient (Wildman–Crippen LogP) is 6.14. The second-order valence-electron chi connectivity index (χ2n) is 6.85. The van der Waals surface area contributed by atoms with Crippen LogP contribution in [-0.4, -0.2) is 0 Å². The van der Waals surface area contributed by atoms with Gasteiger partial charge in [-0.25, -0.2) is 0 Å². The van der Waals surface area contributed by atoms with Crippen molar-refractivity contribution >= 4 is 0 Å². The molecule has 0 fully saturated rings. The Morgan fingerprint density at radius 2 is 1.45 bits per heavy atom. The van der Waals surface area contributed by atoms with E-state index in [-0.39, 0.29) is 0 Å². The summed E-state index contributed by atoms with van der Waals surface area (Å²) in [5, 5.41) is 0. The van der Waals surface area contributed by atoms with Crippen LogP contribution in [-0.2, 0) is 12.8 Å². The smallest absolute Gasteiger partial charge is 0.0144 e. The molecule has 0 saturated heterocycles. The van der Waals surface area contributed by atoms with Crippen LogP contribution < -0.4 is 0 Å². The molecule has 0 radical (unpaired) electrons. The summed E-state index contributed by atoms with van der Waals surface area (Å²) in [6, 6.07) is 9.06. The lowest BCUT2D eigenvalue weighted by molar-refractivity contribution is 0.733. The van der Waals surface area contributed by atoms with Gasteiger partial charge in [0.2, 0.25) is 0 Å². The van der Waals surface area contributed by atoms with Crippen LogP contribution in [0.2, 0.25) is 0 Å². The second kappa shape index (κ2) is 6.69. The number of aryl methyl sites for hydroxylation is 4. The highest BCUT2D eigenvalue weighted by Gasteiger charge is 2.17. The van der Waals surface area contributed by atoms with Crippen molar-refractivity contribution in [2.45, 2.75) is 67.2 Å². The molecule has 0 heterocycles. The van der Waals surface area contributed by atoms with Crippen molar-refractivity contribution in [1.82, 2.24) is 0 Å². The van der Waals surface area contributed by atoms with Gasteiger partial charge < -0.3 is 0 Å². The van der Waals surface area contributed by atoms with Crippen molar-refractivity contribution in [3.8, 4) is 0 Å². The van der Waals surface area contributed by atoms with Crippen LogP contribution in [0.4, 0.5) is 0 Å². The highest BCUT2D eigenvalue weighted by Crippen LogP contribution is 2.32. The molecule has 2 aromatic carbocycles. The highest BCUT2D eigenvalue weighted by atomic mass is 14.2. The van der Waals surface area contributed by atoms with E-state index in [4.69, 9.17) is 0 Å². The summed E-state index contributed by atoms with van der Waals surface area (Å²) in [6.07, 6.45) is 2.26. The molecule has 0 N–H and O–H groups in total. The average Bonchev–Trinajstić information content (AvgIpc) is 2.47. The van der Waals surface area contributed by atoms with E-state index in [0.717, 1.165) is 12.8 Å². The van der Waals surface area contributed by atoms with E-state index in [1.54, 1.807) is 11.1 Å². The molecule has 1 atom stereocenters. The highest BCUT2D eigenvalue weighted by molar-refractivity contribution is 5.47. The molecule has 0 aliphatic rings. The minimum absolute atomic E-state index is 0.560. The zero-order valence-corrected chi connectivity index (χ0v) is 15.3. The van der Waals surface area contributed by atoms with Gasteiger partial charge in [-0.3, -0.25) is 0 Å². The van der Waals surface area contributed by atoms with Gasteiger partial charge in [0, 0.05) is 0 Å². The van der Waals surface area contributed by atoms with Gasteiger partial charge in [-0.05, 0) is 97.9 Å². The van der Waals surface area contributed by atoms with E-state index < -0.39 is 0 Å². The molecule has 0 nitrogen and oxygen atoms in total. The molecule has 118 valence electrons. The number of hydrogen-bond acceptors (Lipinski definition) is 0. The lowest BCUT2D eigenvalue weighted by Crippen LogP contribution is -2.08. The van der Waals surface area contributed by atoms with Gasteiger partial charge in [0.25, 0.3) is 0 Å². The maximum absolute atomic E-state index is 2.39. The lowest BCUT2D eigenvalue weighted by Gasteiger charge is -2.23. The van der Waals surface area contributed by atoms with Crippen LogP contribution in [0, 0.1) is 34.6 Å². The van der Waals surface area contributed by atoms with Crippen molar-refractivity contribution in [2.75, 3.05) is 0 Å². The Bertz CT molecular complexity index is 651. The molecule has 22 heavy (non-hydrogen) atoms. The van der Waals surface area contributed by atoms with E-state index in [0.29, 0.717) is 5.92 Å². The quantitative estimate of drug-likeness (QED) is 0.635. The minimum Gasteiger partial charge on any atom is -0.0617 e. The molecule has 0 aliphatic heterocycles. The normalized spacial score (nSPS) is 12.5. The van der Waals surface area contributed by atoms with Crippen LogP contribution in [0.1, 0.15) is 64.3 Å². The molecule has 0 heteroatoms. The maximum Gasteiger partial charge on any atom is -0.0144 e. The lowest BCUT2D eigenvalue weighted by atomic mass is 9.82. The maximum atomic E-state index is 2.39. The Morgan fingerprint density at radius 1 is 0.864 bits per heavy atom. The molecule has 0 amide bonds. The summed E-state index contributed by atoms with van der Waals surface area (Å²) >= 11 is 0. The van der Waals surface area contributed by atoms with Crippen molar-refractivity contribution in [1.29, 1.82) is 0 Å². The third-order valence-corrected chi connectivity index (χ3v) is 5.32. The summed E-state index contributed by atoms with van der Waals surface area (Å²) < 4.78 is 0. The van der Waals surface area contributed by atoms with Gasteiger partial charge in [-0.2, -0.15) is 0 Å². The van der Waals surface area contributed by atoms with E-state index in [1.807, 2.05) is 0 Å². The molecule has 0 saturated carbocycles. The number of benzene rings is 2. The summed E-state index contributed by atoms with van der Waals surface area (Å²) in [6.45, 7) is 15.9. The van der Waals surface area contributed by atoms with Crippen molar-refractivity contribution in [3.05, 3.63) is 68.8 Å². The number of rotatable bonds is 4. The molecule has 2 rings (SSSR count). The van der Waals surface area contributed by atoms with Gasteiger partial charge in [0.15, 0.2) is 0 Å². The first-order chi connectivity index (χ1) is 10.4. The third kappa shape index (κ3) is 3.11. The van der Waals surface area contributed by atoms with Crippen molar-refractivity contribution in [2.24, 2.45) is 0 Å².